The Bertz CT molecular complexity index is 584. The number of morpholine rings is 1. The van der Waals surface area contributed by atoms with Crippen molar-refractivity contribution >= 4 is 17.5 Å². The van der Waals surface area contributed by atoms with Crippen LogP contribution in [0.4, 0.5) is 5.69 Å². The molecule has 1 aromatic rings. The van der Waals surface area contributed by atoms with Gasteiger partial charge < -0.3 is 10.1 Å². The Hall–Kier alpha value is -1.92. The second-order valence-corrected chi connectivity index (χ2v) is 5.98. The molecule has 1 atom stereocenters. The minimum atomic E-state index is -0.436. The Morgan fingerprint density at radius 2 is 2.00 bits per heavy atom. The zero-order chi connectivity index (χ0) is 16.2. The van der Waals surface area contributed by atoms with Crippen LogP contribution in [0.5, 0.6) is 0 Å². The predicted octanol–water partition coefficient (Wildman–Crippen LogP) is 0.413. The van der Waals surface area contributed by atoms with E-state index in [-0.39, 0.29) is 11.8 Å². The number of rotatable bonds is 4. The van der Waals surface area contributed by atoms with Gasteiger partial charge in [-0.1, -0.05) is 18.2 Å². The smallest absolute Gasteiger partial charge is 0.243 e. The van der Waals surface area contributed by atoms with E-state index in [1.807, 2.05) is 24.3 Å². The summed E-state index contributed by atoms with van der Waals surface area (Å²) in [6, 6.07) is 7.28. The SMILES string of the molecule is CC(=O)N1c2ccccc2CC1C(=O)NCCN1CCOCC1. The van der Waals surface area contributed by atoms with Crippen LogP contribution in [0, 0.1) is 0 Å². The fourth-order valence-corrected chi connectivity index (χ4v) is 3.26. The van der Waals surface area contributed by atoms with Gasteiger partial charge in [-0.15, -0.1) is 0 Å². The fourth-order valence-electron chi connectivity index (χ4n) is 3.26. The second kappa shape index (κ2) is 7.10. The molecule has 0 aromatic heterocycles. The van der Waals surface area contributed by atoms with Crippen molar-refractivity contribution in [2.45, 2.75) is 19.4 Å². The van der Waals surface area contributed by atoms with Gasteiger partial charge in [0.15, 0.2) is 0 Å². The molecule has 1 fully saturated rings. The fraction of sp³-hybridized carbons (Fsp3) is 0.529. The summed E-state index contributed by atoms with van der Waals surface area (Å²) in [5.41, 5.74) is 1.91. The van der Waals surface area contributed by atoms with Gasteiger partial charge in [-0.3, -0.25) is 19.4 Å². The number of carbonyl (C=O) groups is 2. The van der Waals surface area contributed by atoms with Crippen LogP contribution in [0.15, 0.2) is 24.3 Å². The van der Waals surface area contributed by atoms with Gasteiger partial charge in [0.2, 0.25) is 11.8 Å². The summed E-state index contributed by atoms with van der Waals surface area (Å²) >= 11 is 0. The monoisotopic (exact) mass is 317 g/mol. The number of hydrogen-bond donors (Lipinski definition) is 1. The average molecular weight is 317 g/mol. The first-order chi connectivity index (χ1) is 11.2. The van der Waals surface area contributed by atoms with Crippen molar-refractivity contribution in [3.05, 3.63) is 29.8 Å². The van der Waals surface area contributed by atoms with Crippen LogP contribution in [0.1, 0.15) is 12.5 Å². The first kappa shape index (κ1) is 16.0. The van der Waals surface area contributed by atoms with Gasteiger partial charge in [0.05, 0.1) is 13.2 Å². The number of amides is 2. The molecule has 6 nitrogen and oxygen atoms in total. The number of anilines is 1. The van der Waals surface area contributed by atoms with Crippen molar-refractivity contribution in [3.8, 4) is 0 Å². The van der Waals surface area contributed by atoms with Crippen molar-refractivity contribution < 1.29 is 14.3 Å². The number of para-hydroxylation sites is 1. The molecule has 2 amide bonds. The number of hydrogen-bond acceptors (Lipinski definition) is 4. The molecule has 2 heterocycles. The highest BCUT2D eigenvalue weighted by Gasteiger charge is 2.36. The molecule has 1 N–H and O–H groups in total. The summed E-state index contributed by atoms with van der Waals surface area (Å²) < 4.78 is 5.31. The van der Waals surface area contributed by atoms with Crippen LogP contribution in [0.25, 0.3) is 0 Å². The number of fused-ring (bicyclic) bond motifs is 1. The maximum absolute atomic E-state index is 12.5. The molecule has 2 aliphatic rings. The third kappa shape index (κ3) is 3.54. The molecule has 1 saturated heterocycles. The zero-order valence-corrected chi connectivity index (χ0v) is 13.5. The van der Waals surface area contributed by atoms with E-state index in [1.165, 1.54) is 6.92 Å². The van der Waals surface area contributed by atoms with Crippen molar-refractivity contribution in [2.24, 2.45) is 0 Å². The molecule has 124 valence electrons. The molecule has 0 bridgehead atoms. The third-order valence-electron chi connectivity index (χ3n) is 4.45. The quantitative estimate of drug-likeness (QED) is 0.874. The average Bonchev–Trinajstić information content (AvgIpc) is 2.95. The summed E-state index contributed by atoms with van der Waals surface area (Å²) in [7, 11) is 0. The third-order valence-corrected chi connectivity index (χ3v) is 4.45. The normalized spacial score (nSPS) is 21.1. The van der Waals surface area contributed by atoms with Gasteiger partial charge >= 0.3 is 0 Å². The first-order valence-corrected chi connectivity index (χ1v) is 8.12. The van der Waals surface area contributed by atoms with E-state index >= 15 is 0 Å². The van der Waals surface area contributed by atoms with E-state index in [0.717, 1.165) is 44.1 Å². The molecule has 0 spiro atoms. The van der Waals surface area contributed by atoms with Crippen LogP contribution in [0.3, 0.4) is 0 Å². The minimum absolute atomic E-state index is 0.0790. The number of carbonyl (C=O) groups excluding carboxylic acids is 2. The highest BCUT2D eigenvalue weighted by atomic mass is 16.5. The largest absolute Gasteiger partial charge is 0.379 e. The van der Waals surface area contributed by atoms with E-state index in [2.05, 4.69) is 10.2 Å². The van der Waals surface area contributed by atoms with Crippen LogP contribution in [-0.4, -0.2) is 62.1 Å². The molecule has 0 radical (unpaired) electrons. The molecule has 1 aromatic carbocycles. The lowest BCUT2D eigenvalue weighted by atomic mass is 10.1. The van der Waals surface area contributed by atoms with Crippen LogP contribution >= 0.6 is 0 Å². The van der Waals surface area contributed by atoms with Gasteiger partial charge in [-0.25, -0.2) is 0 Å². The molecule has 0 aliphatic carbocycles. The highest BCUT2D eigenvalue weighted by molar-refractivity contribution is 6.02. The molecule has 6 heteroatoms. The molecule has 1 unspecified atom stereocenters. The lowest BCUT2D eigenvalue weighted by Gasteiger charge is -2.27. The lowest BCUT2D eigenvalue weighted by Crippen LogP contribution is -2.49. The van der Waals surface area contributed by atoms with Gasteiger partial charge in [0.1, 0.15) is 6.04 Å². The maximum atomic E-state index is 12.5. The lowest BCUT2D eigenvalue weighted by molar-refractivity contribution is -0.125. The second-order valence-electron chi connectivity index (χ2n) is 5.98. The zero-order valence-electron chi connectivity index (χ0n) is 13.5. The molecule has 2 aliphatic heterocycles. The van der Waals surface area contributed by atoms with E-state index in [1.54, 1.807) is 4.90 Å². The van der Waals surface area contributed by atoms with E-state index < -0.39 is 6.04 Å². The maximum Gasteiger partial charge on any atom is 0.243 e. The first-order valence-electron chi connectivity index (χ1n) is 8.12. The van der Waals surface area contributed by atoms with Crippen LogP contribution in [-0.2, 0) is 20.7 Å². The Balaban J connectivity index is 1.57. The Morgan fingerprint density at radius 3 is 2.74 bits per heavy atom. The topological polar surface area (TPSA) is 61.9 Å². The number of nitrogens with one attached hydrogen (secondary N) is 1. The summed E-state index contributed by atoms with van der Waals surface area (Å²) in [5, 5.41) is 2.98. The molecule has 23 heavy (non-hydrogen) atoms. The van der Waals surface area contributed by atoms with E-state index in [4.69, 9.17) is 4.74 Å². The Labute approximate surface area is 136 Å². The van der Waals surface area contributed by atoms with Gasteiger partial charge in [-0.05, 0) is 11.6 Å². The van der Waals surface area contributed by atoms with Crippen molar-refractivity contribution in [2.75, 3.05) is 44.3 Å². The van der Waals surface area contributed by atoms with Crippen molar-refractivity contribution in [1.29, 1.82) is 0 Å². The van der Waals surface area contributed by atoms with Crippen molar-refractivity contribution in [1.82, 2.24) is 10.2 Å². The van der Waals surface area contributed by atoms with Gasteiger partial charge in [0, 0.05) is 45.2 Å². The summed E-state index contributed by atoms with van der Waals surface area (Å²) in [6.07, 6.45) is 0.582. The van der Waals surface area contributed by atoms with Crippen molar-refractivity contribution in [3.63, 3.8) is 0 Å². The summed E-state index contributed by atoms with van der Waals surface area (Å²) in [6.45, 7) is 6.24. The molecule has 0 saturated carbocycles. The van der Waals surface area contributed by atoms with Crippen LogP contribution in [0.2, 0.25) is 0 Å². The molecular formula is C17H23N3O3. The molecular weight excluding hydrogens is 294 g/mol. The van der Waals surface area contributed by atoms with Gasteiger partial charge in [-0.2, -0.15) is 0 Å². The molecule has 3 rings (SSSR count). The standard InChI is InChI=1S/C17H23N3O3/c1-13(21)20-15-5-3-2-4-14(15)12-16(20)17(22)18-6-7-19-8-10-23-11-9-19/h2-5,16H,6-12H2,1H3,(H,18,22). The summed E-state index contributed by atoms with van der Waals surface area (Å²) in [5.74, 6) is -0.173. The number of nitrogens with zero attached hydrogens (tertiary/aromatic N) is 2. The van der Waals surface area contributed by atoms with E-state index in [9.17, 15) is 9.59 Å². The van der Waals surface area contributed by atoms with Gasteiger partial charge in [0.25, 0.3) is 0 Å². The van der Waals surface area contributed by atoms with Crippen LogP contribution < -0.4 is 10.2 Å². The predicted molar refractivity (Wildman–Crippen MR) is 87.4 cm³/mol. The minimum Gasteiger partial charge on any atom is -0.379 e. The Kier molecular flexibility index (Phi) is 4.93. The number of ether oxygens (including phenoxy) is 1. The summed E-state index contributed by atoms with van der Waals surface area (Å²) in [4.78, 5) is 28.4. The van der Waals surface area contributed by atoms with E-state index in [0.29, 0.717) is 13.0 Å². The number of benzene rings is 1. The highest BCUT2D eigenvalue weighted by Crippen LogP contribution is 2.32. The Morgan fingerprint density at radius 1 is 1.26 bits per heavy atom.